The van der Waals surface area contributed by atoms with Crippen LogP contribution in [0.3, 0.4) is 0 Å². The van der Waals surface area contributed by atoms with E-state index in [-0.39, 0.29) is 24.4 Å². The van der Waals surface area contributed by atoms with E-state index < -0.39 is 17.8 Å². The highest BCUT2D eigenvalue weighted by molar-refractivity contribution is 6.12. The van der Waals surface area contributed by atoms with Crippen molar-refractivity contribution in [2.24, 2.45) is 16.3 Å². The molecule has 4 rings (SSSR count). The smallest absolute Gasteiger partial charge is 0.336 e. The summed E-state index contributed by atoms with van der Waals surface area (Å²) < 4.78 is 16.9. The number of benzene rings is 2. The molecule has 0 aromatic heterocycles. The Labute approximate surface area is 200 Å². The molecule has 1 heterocycles. The molecule has 2 unspecified atom stereocenters. The Morgan fingerprint density at radius 2 is 1.71 bits per heavy atom. The van der Waals surface area contributed by atoms with E-state index in [9.17, 15) is 9.59 Å². The zero-order valence-corrected chi connectivity index (χ0v) is 20.2. The summed E-state index contributed by atoms with van der Waals surface area (Å²) in [5.74, 6) is -0.0485. The number of aliphatic imine (C=N–C) groups is 1. The van der Waals surface area contributed by atoms with Gasteiger partial charge in [-0.25, -0.2) is 4.79 Å². The summed E-state index contributed by atoms with van der Waals surface area (Å²) in [6.45, 7) is 6.29. The number of ketones is 1. The van der Waals surface area contributed by atoms with Crippen LogP contribution in [0, 0.1) is 11.3 Å². The normalized spacial score (nSPS) is 21.4. The Kier molecular flexibility index (Phi) is 6.87. The van der Waals surface area contributed by atoms with E-state index in [1.807, 2.05) is 61.5 Å². The van der Waals surface area contributed by atoms with Gasteiger partial charge in [0.2, 0.25) is 0 Å². The summed E-state index contributed by atoms with van der Waals surface area (Å²) >= 11 is 0. The molecule has 2 aromatic carbocycles. The summed E-state index contributed by atoms with van der Waals surface area (Å²) in [5, 5.41) is 0. The molecule has 0 saturated heterocycles. The van der Waals surface area contributed by atoms with E-state index in [0.29, 0.717) is 35.6 Å². The van der Waals surface area contributed by atoms with Gasteiger partial charge >= 0.3 is 5.97 Å². The van der Waals surface area contributed by atoms with Gasteiger partial charge in [0.1, 0.15) is 30.5 Å². The Morgan fingerprint density at radius 3 is 2.44 bits per heavy atom. The van der Waals surface area contributed by atoms with Crippen molar-refractivity contribution in [3.05, 3.63) is 71.4 Å². The zero-order valence-electron chi connectivity index (χ0n) is 20.2. The SMILES string of the molecule is COc1ccccc1C1C(C(=O)OCCOc2ccccc2)=C(C)N=C2CC(C)(C)CC(=O)C21. The van der Waals surface area contributed by atoms with Crippen LogP contribution in [0.5, 0.6) is 11.5 Å². The second-order valence-electron chi connectivity index (χ2n) is 9.58. The maximum atomic E-state index is 13.4. The summed E-state index contributed by atoms with van der Waals surface area (Å²) in [4.78, 5) is 31.5. The molecule has 2 atom stereocenters. The van der Waals surface area contributed by atoms with Gasteiger partial charge in [-0.1, -0.05) is 50.2 Å². The quantitative estimate of drug-likeness (QED) is 0.422. The van der Waals surface area contributed by atoms with E-state index >= 15 is 0 Å². The van der Waals surface area contributed by atoms with Crippen LogP contribution in [0.25, 0.3) is 0 Å². The Hall–Kier alpha value is -3.41. The number of esters is 1. The van der Waals surface area contributed by atoms with Crippen molar-refractivity contribution < 1.29 is 23.8 Å². The molecule has 178 valence electrons. The second kappa shape index (κ2) is 9.84. The van der Waals surface area contributed by atoms with Crippen molar-refractivity contribution >= 4 is 17.5 Å². The number of hydrogen-bond acceptors (Lipinski definition) is 6. The number of hydrogen-bond donors (Lipinski definition) is 0. The highest BCUT2D eigenvalue weighted by Crippen LogP contribution is 2.48. The molecule has 1 aliphatic heterocycles. The summed E-state index contributed by atoms with van der Waals surface area (Å²) in [5.41, 5.74) is 2.46. The van der Waals surface area contributed by atoms with Crippen LogP contribution < -0.4 is 9.47 Å². The highest BCUT2D eigenvalue weighted by atomic mass is 16.6. The fourth-order valence-electron chi connectivity index (χ4n) is 5.01. The van der Waals surface area contributed by atoms with Gasteiger partial charge in [-0.3, -0.25) is 9.79 Å². The number of Topliss-reactive ketones (excluding diaryl/α,β-unsaturated/α-hetero) is 1. The van der Waals surface area contributed by atoms with Gasteiger partial charge in [0, 0.05) is 29.3 Å². The minimum absolute atomic E-state index is 0.0887. The second-order valence-corrected chi connectivity index (χ2v) is 9.58. The molecular weight excluding hydrogens is 430 g/mol. The van der Waals surface area contributed by atoms with Crippen LogP contribution in [-0.2, 0) is 14.3 Å². The molecule has 1 aliphatic carbocycles. The Bertz CT molecular complexity index is 1130. The summed E-state index contributed by atoms with van der Waals surface area (Å²) in [6, 6.07) is 16.9. The van der Waals surface area contributed by atoms with E-state index in [4.69, 9.17) is 19.2 Å². The third-order valence-corrected chi connectivity index (χ3v) is 6.39. The molecule has 0 spiro atoms. The average molecular weight is 462 g/mol. The molecule has 1 saturated carbocycles. The Morgan fingerprint density at radius 1 is 1.00 bits per heavy atom. The number of methoxy groups -OCH3 is 1. The van der Waals surface area contributed by atoms with Crippen molar-refractivity contribution in [1.29, 1.82) is 0 Å². The van der Waals surface area contributed by atoms with Crippen LogP contribution in [0.15, 0.2) is 70.9 Å². The van der Waals surface area contributed by atoms with Crippen molar-refractivity contribution in [2.45, 2.75) is 39.5 Å². The number of allylic oxidation sites excluding steroid dienone is 1. The molecule has 0 bridgehead atoms. The monoisotopic (exact) mass is 461 g/mol. The standard InChI is InChI=1S/C28H31NO5/c1-18-24(27(31)34-15-14-33-19-10-6-5-7-11-19)25(20-12-8-9-13-23(20)32-4)26-21(29-18)16-28(2,3)17-22(26)30/h5-13,25-26H,14-17H2,1-4H3. The van der Waals surface area contributed by atoms with Crippen LogP contribution in [0.1, 0.15) is 45.1 Å². The van der Waals surface area contributed by atoms with Gasteiger partial charge < -0.3 is 14.2 Å². The van der Waals surface area contributed by atoms with E-state index in [0.717, 1.165) is 11.3 Å². The first kappa shape index (κ1) is 23.7. The van der Waals surface area contributed by atoms with Crippen LogP contribution in [0.4, 0.5) is 0 Å². The van der Waals surface area contributed by atoms with Gasteiger partial charge in [0.05, 0.1) is 18.6 Å². The topological polar surface area (TPSA) is 74.2 Å². The minimum atomic E-state index is -0.505. The molecule has 0 radical (unpaired) electrons. The molecule has 2 aliphatic rings. The molecule has 6 heteroatoms. The third-order valence-electron chi connectivity index (χ3n) is 6.39. The largest absolute Gasteiger partial charge is 0.496 e. The number of nitrogens with zero attached hydrogens (tertiary/aromatic N) is 1. The predicted octanol–water partition coefficient (Wildman–Crippen LogP) is 5.13. The van der Waals surface area contributed by atoms with Gasteiger partial charge in [0.25, 0.3) is 0 Å². The number of carbonyl (C=O) groups excluding carboxylic acids is 2. The van der Waals surface area contributed by atoms with Gasteiger partial charge in [0.15, 0.2) is 0 Å². The molecule has 1 fully saturated rings. The molecule has 0 N–H and O–H groups in total. The number of carbonyl (C=O) groups is 2. The molecule has 0 amide bonds. The lowest BCUT2D eigenvalue weighted by molar-refractivity contribution is -0.140. The molecule has 2 aromatic rings. The van der Waals surface area contributed by atoms with Crippen molar-refractivity contribution in [2.75, 3.05) is 20.3 Å². The predicted molar refractivity (Wildman–Crippen MR) is 130 cm³/mol. The fraction of sp³-hybridized carbons (Fsp3) is 0.393. The summed E-state index contributed by atoms with van der Waals surface area (Å²) in [6.07, 6.45) is 1.15. The average Bonchev–Trinajstić information content (AvgIpc) is 2.80. The number of ether oxygens (including phenoxy) is 3. The first-order valence-corrected chi connectivity index (χ1v) is 11.6. The lowest BCUT2D eigenvalue weighted by Crippen LogP contribution is -2.44. The lowest BCUT2D eigenvalue weighted by Gasteiger charge is -2.41. The van der Waals surface area contributed by atoms with Crippen molar-refractivity contribution in [3.8, 4) is 11.5 Å². The van der Waals surface area contributed by atoms with E-state index in [1.165, 1.54) is 0 Å². The first-order chi connectivity index (χ1) is 16.3. The van der Waals surface area contributed by atoms with E-state index in [2.05, 4.69) is 13.8 Å². The summed E-state index contributed by atoms with van der Waals surface area (Å²) in [7, 11) is 1.60. The van der Waals surface area contributed by atoms with Crippen molar-refractivity contribution in [3.63, 3.8) is 0 Å². The zero-order chi connectivity index (χ0) is 24.3. The first-order valence-electron chi connectivity index (χ1n) is 11.6. The third kappa shape index (κ3) is 4.91. The number of para-hydroxylation sites is 2. The highest BCUT2D eigenvalue weighted by Gasteiger charge is 2.48. The minimum Gasteiger partial charge on any atom is -0.496 e. The molecule has 6 nitrogen and oxygen atoms in total. The number of fused-ring (bicyclic) bond motifs is 1. The lowest BCUT2D eigenvalue weighted by atomic mass is 9.63. The van der Waals surface area contributed by atoms with E-state index in [1.54, 1.807) is 7.11 Å². The van der Waals surface area contributed by atoms with Crippen molar-refractivity contribution in [1.82, 2.24) is 0 Å². The molecular formula is C28H31NO5. The fourth-order valence-corrected chi connectivity index (χ4v) is 5.01. The van der Waals surface area contributed by atoms with Gasteiger partial charge in [-0.15, -0.1) is 0 Å². The van der Waals surface area contributed by atoms with Gasteiger partial charge in [-0.2, -0.15) is 0 Å². The van der Waals surface area contributed by atoms with Gasteiger partial charge in [-0.05, 0) is 37.0 Å². The maximum Gasteiger partial charge on any atom is 0.336 e. The number of rotatable bonds is 7. The maximum absolute atomic E-state index is 13.4. The molecule has 34 heavy (non-hydrogen) atoms. The van der Waals surface area contributed by atoms with Crippen LogP contribution >= 0.6 is 0 Å². The van der Waals surface area contributed by atoms with Crippen LogP contribution in [-0.4, -0.2) is 37.8 Å². The Balaban J connectivity index is 1.64. The van der Waals surface area contributed by atoms with Crippen LogP contribution in [0.2, 0.25) is 0 Å².